The molecule has 1 unspecified atom stereocenters. The number of para-hydroxylation sites is 2. The number of methoxy groups -OCH3 is 2. The number of rotatable bonds is 6. The highest BCUT2D eigenvalue weighted by molar-refractivity contribution is 5.90. The van der Waals surface area contributed by atoms with Crippen LogP contribution in [0.3, 0.4) is 0 Å². The minimum absolute atomic E-state index is 0.195. The van der Waals surface area contributed by atoms with Gasteiger partial charge < -0.3 is 20.1 Å². The lowest BCUT2D eigenvalue weighted by Gasteiger charge is -2.19. The lowest BCUT2D eigenvalue weighted by atomic mass is 10.0. The van der Waals surface area contributed by atoms with Crippen LogP contribution in [0.2, 0.25) is 0 Å². The zero-order chi connectivity index (χ0) is 16.7. The van der Waals surface area contributed by atoms with Gasteiger partial charge in [-0.3, -0.25) is 0 Å². The van der Waals surface area contributed by atoms with Crippen molar-refractivity contribution >= 4 is 11.7 Å². The molecule has 0 saturated heterocycles. The number of hydrogen-bond acceptors (Lipinski definition) is 3. The fourth-order valence-corrected chi connectivity index (χ4v) is 2.37. The maximum Gasteiger partial charge on any atom is 0.319 e. The number of urea groups is 1. The van der Waals surface area contributed by atoms with E-state index in [9.17, 15) is 4.79 Å². The number of carbonyl (C=O) groups is 1. The van der Waals surface area contributed by atoms with Gasteiger partial charge in [0, 0.05) is 13.7 Å². The molecule has 0 aromatic heterocycles. The highest BCUT2D eigenvalue weighted by atomic mass is 16.5. The SMILES string of the molecule is COc1ccccc1NC(=O)NCC(OC)c1ccccc1C. The van der Waals surface area contributed by atoms with E-state index < -0.39 is 0 Å². The fourth-order valence-electron chi connectivity index (χ4n) is 2.37. The number of anilines is 1. The number of carbonyl (C=O) groups excluding carboxylic acids is 1. The van der Waals surface area contributed by atoms with E-state index in [-0.39, 0.29) is 12.1 Å². The molecule has 1 atom stereocenters. The number of ether oxygens (including phenoxy) is 2. The van der Waals surface area contributed by atoms with Gasteiger partial charge in [0.1, 0.15) is 5.75 Å². The van der Waals surface area contributed by atoms with Crippen LogP contribution >= 0.6 is 0 Å². The molecule has 0 fully saturated rings. The molecule has 0 bridgehead atoms. The molecule has 2 N–H and O–H groups in total. The summed E-state index contributed by atoms with van der Waals surface area (Å²) < 4.78 is 10.7. The smallest absolute Gasteiger partial charge is 0.319 e. The molecule has 2 amide bonds. The number of nitrogens with one attached hydrogen (secondary N) is 2. The third kappa shape index (κ3) is 4.47. The summed E-state index contributed by atoms with van der Waals surface area (Å²) in [5.74, 6) is 0.616. The van der Waals surface area contributed by atoms with Gasteiger partial charge in [-0.1, -0.05) is 36.4 Å². The summed E-state index contributed by atoms with van der Waals surface area (Å²) in [6, 6.07) is 14.9. The van der Waals surface area contributed by atoms with E-state index in [4.69, 9.17) is 9.47 Å². The van der Waals surface area contributed by atoms with Crippen molar-refractivity contribution in [3.05, 3.63) is 59.7 Å². The Bertz CT molecular complexity index is 658. The Morgan fingerprint density at radius 2 is 1.78 bits per heavy atom. The number of amides is 2. The lowest BCUT2D eigenvalue weighted by Crippen LogP contribution is -2.33. The molecule has 0 radical (unpaired) electrons. The van der Waals surface area contributed by atoms with E-state index in [1.165, 1.54) is 0 Å². The third-order valence-electron chi connectivity index (χ3n) is 3.62. The van der Waals surface area contributed by atoms with Gasteiger partial charge in [-0.05, 0) is 30.2 Å². The molecule has 122 valence electrons. The summed E-state index contributed by atoms with van der Waals surface area (Å²) in [6.45, 7) is 2.40. The first kappa shape index (κ1) is 16.8. The average Bonchev–Trinajstić information content (AvgIpc) is 2.57. The molecule has 0 aliphatic carbocycles. The van der Waals surface area contributed by atoms with Crippen molar-refractivity contribution < 1.29 is 14.3 Å². The summed E-state index contributed by atoms with van der Waals surface area (Å²) in [6.07, 6.45) is -0.195. The summed E-state index contributed by atoms with van der Waals surface area (Å²) in [4.78, 5) is 12.1. The minimum Gasteiger partial charge on any atom is -0.495 e. The Morgan fingerprint density at radius 3 is 2.48 bits per heavy atom. The summed E-state index contributed by atoms with van der Waals surface area (Å²) in [5.41, 5.74) is 2.82. The number of aryl methyl sites for hydroxylation is 1. The lowest BCUT2D eigenvalue weighted by molar-refractivity contribution is 0.104. The van der Waals surface area contributed by atoms with Crippen molar-refractivity contribution in [1.29, 1.82) is 0 Å². The zero-order valence-electron chi connectivity index (χ0n) is 13.6. The first-order chi connectivity index (χ1) is 11.2. The molecule has 2 aromatic carbocycles. The van der Waals surface area contributed by atoms with E-state index in [1.54, 1.807) is 26.4 Å². The van der Waals surface area contributed by atoms with Crippen molar-refractivity contribution in [2.75, 3.05) is 26.1 Å². The van der Waals surface area contributed by atoms with Gasteiger partial charge >= 0.3 is 6.03 Å². The average molecular weight is 314 g/mol. The molecule has 5 heteroatoms. The Kier molecular flexibility index (Phi) is 6.00. The molecule has 5 nitrogen and oxygen atoms in total. The Balaban J connectivity index is 1.96. The summed E-state index contributed by atoms with van der Waals surface area (Å²) in [7, 11) is 3.20. The van der Waals surface area contributed by atoms with E-state index in [2.05, 4.69) is 10.6 Å². The van der Waals surface area contributed by atoms with Crippen LogP contribution in [-0.4, -0.2) is 26.8 Å². The second-order valence-electron chi connectivity index (χ2n) is 5.12. The van der Waals surface area contributed by atoms with Crippen molar-refractivity contribution in [3.63, 3.8) is 0 Å². The second-order valence-corrected chi connectivity index (χ2v) is 5.12. The summed E-state index contributed by atoms with van der Waals surface area (Å²) in [5, 5.41) is 5.60. The normalized spacial score (nSPS) is 11.6. The number of hydrogen-bond donors (Lipinski definition) is 2. The predicted octanol–water partition coefficient (Wildman–Crippen LogP) is 3.51. The minimum atomic E-state index is -0.301. The van der Waals surface area contributed by atoms with Crippen LogP contribution < -0.4 is 15.4 Å². The van der Waals surface area contributed by atoms with Crippen molar-refractivity contribution in [2.45, 2.75) is 13.0 Å². The van der Waals surface area contributed by atoms with Gasteiger partial charge in [0.15, 0.2) is 0 Å². The molecule has 2 rings (SSSR count). The summed E-state index contributed by atoms with van der Waals surface area (Å²) >= 11 is 0. The second kappa shape index (κ2) is 8.19. The van der Waals surface area contributed by atoms with Gasteiger partial charge in [0.25, 0.3) is 0 Å². The molecule has 0 heterocycles. The molecule has 0 aliphatic rings. The quantitative estimate of drug-likeness (QED) is 0.858. The maximum atomic E-state index is 12.1. The van der Waals surface area contributed by atoms with Gasteiger partial charge in [-0.25, -0.2) is 4.79 Å². The first-order valence-corrected chi connectivity index (χ1v) is 7.42. The van der Waals surface area contributed by atoms with Crippen LogP contribution in [0.5, 0.6) is 5.75 Å². The monoisotopic (exact) mass is 314 g/mol. The van der Waals surface area contributed by atoms with Crippen molar-refractivity contribution in [2.24, 2.45) is 0 Å². The Labute approximate surface area is 136 Å². The van der Waals surface area contributed by atoms with Crippen LogP contribution in [0, 0.1) is 6.92 Å². The number of benzene rings is 2. The van der Waals surface area contributed by atoms with E-state index >= 15 is 0 Å². The molecule has 2 aromatic rings. The van der Waals surface area contributed by atoms with Crippen LogP contribution in [0.25, 0.3) is 0 Å². The largest absolute Gasteiger partial charge is 0.495 e. The van der Waals surface area contributed by atoms with E-state index in [0.717, 1.165) is 11.1 Å². The molecule has 0 aliphatic heterocycles. The molecule has 23 heavy (non-hydrogen) atoms. The third-order valence-corrected chi connectivity index (χ3v) is 3.62. The van der Waals surface area contributed by atoms with E-state index in [1.807, 2.05) is 43.3 Å². The standard InChI is InChI=1S/C18H22N2O3/c1-13-8-4-5-9-14(13)17(23-3)12-19-18(21)20-15-10-6-7-11-16(15)22-2/h4-11,17H,12H2,1-3H3,(H2,19,20,21). The van der Waals surface area contributed by atoms with Crippen molar-refractivity contribution in [3.8, 4) is 5.75 Å². The Hall–Kier alpha value is -2.53. The Morgan fingerprint density at radius 1 is 1.09 bits per heavy atom. The van der Waals surface area contributed by atoms with Crippen LogP contribution in [0.4, 0.5) is 10.5 Å². The van der Waals surface area contributed by atoms with Gasteiger partial charge in [0.2, 0.25) is 0 Å². The molecule has 0 saturated carbocycles. The van der Waals surface area contributed by atoms with Crippen LogP contribution in [0.15, 0.2) is 48.5 Å². The van der Waals surface area contributed by atoms with E-state index in [0.29, 0.717) is 18.0 Å². The molecular formula is C18H22N2O3. The van der Waals surface area contributed by atoms with Gasteiger partial charge in [-0.2, -0.15) is 0 Å². The molecule has 0 spiro atoms. The van der Waals surface area contributed by atoms with Crippen LogP contribution in [-0.2, 0) is 4.74 Å². The van der Waals surface area contributed by atoms with Gasteiger partial charge in [0.05, 0.1) is 18.9 Å². The fraction of sp³-hybridized carbons (Fsp3) is 0.278. The van der Waals surface area contributed by atoms with Crippen molar-refractivity contribution in [1.82, 2.24) is 5.32 Å². The highest BCUT2D eigenvalue weighted by Gasteiger charge is 2.14. The van der Waals surface area contributed by atoms with Crippen LogP contribution in [0.1, 0.15) is 17.2 Å². The maximum absolute atomic E-state index is 12.1. The highest BCUT2D eigenvalue weighted by Crippen LogP contribution is 2.23. The molecular weight excluding hydrogens is 292 g/mol. The van der Waals surface area contributed by atoms with Gasteiger partial charge in [-0.15, -0.1) is 0 Å². The zero-order valence-corrected chi connectivity index (χ0v) is 13.6. The predicted molar refractivity (Wildman–Crippen MR) is 90.9 cm³/mol. The topological polar surface area (TPSA) is 59.6 Å². The first-order valence-electron chi connectivity index (χ1n) is 7.42.